The summed E-state index contributed by atoms with van der Waals surface area (Å²) >= 11 is 0. The van der Waals surface area contributed by atoms with Crippen LogP contribution in [0.25, 0.3) is 17.1 Å². The molecular formula is C20H10F7N5O2. The first-order valence-electron chi connectivity index (χ1n) is 9.17. The van der Waals surface area contributed by atoms with Crippen molar-refractivity contribution < 1.29 is 40.1 Å². The third kappa shape index (κ3) is 4.60. The molecule has 0 aliphatic rings. The minimum atomic E-state index is -4.98. The molecule has 0 bridgehead atoms. The van der Waals surface area contributed by atoms with Gasteiger partial charge in [-0.05, 0) is 48.5 Å². The van der Waals surface area contributed by atoms with E-state index in [1.165, 1.54) is 24.3 Å². The number of carbonyl (C=O) groups excluding carboxylic acids is 1. The molecule has 0 saturated carbocycles. The first-order chi connectivity index (χ1) is 15.9. The molecule has 4 aromatic rings. The second-order valence-corrected chi connectivity index (χ2v) is 6.75. The van der Waals surface area contributed by atoms with E-state index in [0.29, 0.717) is 10.9 Å². The molecular weight excluding hydrogens is 475 g/mol. The Balaban J connectivity index is 1.58. The first-order valence-corrected chi connectivity index (χ1v) is 9.17. The molecule has 0 fully saturated rings. The van der Waals surface area contributed by atoms with Gasteiger partial charge in [-0.15, -0.1) is 0 Å². The third-order valence-electron chi connectivity index (χ3n) is 4.42. The Bertz CT molecular complexity index is 1320. The van der Waals surface area contributed by atoms with E-state index < -0.39 is 41.2 Å². The molecule has 2 aromatic heterocycles. The number of alkyl halides is 6. The maximum Gasteiger partial charge on any atom is 0.471 e. The SMILES string of the molecule is O=C(Nc1ccc(-c2noc(C(F)(F)F)n2)cc1)c1cnn(-c2ccc(F)cc2)c1C(F)(F)F. The quantitative estimate of drug-likeness (QED) is 0.394. The summed E-state index contributed by atoms with van der Waals surface area (Å²) in [4.78, 5) is 15.8. The highest BCUT2D eigenvalue weighted by Gasteiger charge is 2.41. The van der Waals surface area contributed by atoms with Crippen LogP contribution in [0.3, 0.4) is 0 Å². The number of nitrogens with one attached hydrogen (secondary N) is 1. The van der Waals surface area contributed by atoms with E-state index in [0.717, 1.165) is 24.3 Å². The van der Waals surface area contributed by atoms with Crippen molar-refractivity contribution in [2.45, 2.75) is 12.4 Å². The zero-order valence-corrected chi connectivity index (χ0v) is 16.4. The predicted molar refractivity (Wildman–Crippen MR) is 101 cm³/mol. The summed E-state index contributed by atoms with van der Waals surface area (Å²) in [6.07, 6.45) is -9.09. The highest BCUT2D eigenvalue weighted by Crippen LogP contribution is 2.34. The fraction of sp³-hybridized carbons (Fsp3) is 0.100. The summed E-state index contributed by atoms with van der Waals surface area (Å²) < 4.78 is 96.6. The van der Waals surface area contributed by atoms with Gasteiger partial charge >= 0.3 is 18.2 Å². The maximum absolute atomic E-state index is 13.7. The second kappa shape index (κ2) is 8.28. The van der Waals surface area contributed by atoms with E-state index >= 15 is 0 Å². The van der Waals surface area contributed by atoms with Crippen LogP contribution in [-0.2, 0) is 12.4 Å². The van der Waals surface area contributed by atoms with Crippen LogP contribution in [0.15, 0.2) is 59.3 Å². The summed E-state index contributed by atoms with van der Waals surface area (Å²) in [6.45, 7) is 0. The van der Waals surface area contributed by atoms with Crippen molar-refractivity contribution in [3.63, 3.8) is 0 Å². The fourth-order valence-electron chi connectivity index (χ4n) is 2.92. The lowest BCUT2D eigenvalue weighted by Crippen LogP contribution is -2.20. The fourth-order valence-corrected chi connectivity index (χ4v) is 2.92. The molecule has 0 spiro atoms. The number of aromatic nitrogens is 4. The molecule has 0 aliphatic carbocycles. The summed E-state index contributed by atoms with van der Waals surface area (Å²) in [7, 11) is 0. The normalized spacial score (nSPS) is 12.1. The van der Waals surface area contributed by atoms with Gasteiger partial charge in [-0.1, -0.05) is 5.16 Å². The zero-order valence-electron chi connectivity index (χ0n) is 16.4. The van der Waals surface area contributed by atoms with Crippen LogP contribution in [0, 0.1) is 5.82 Å². The van der Waals surface area contributed by atoms with Gasteiger partial charge in [-0.25, -0.2) is 9.07 Å². The highest BCUT2D eigenvalue weighted by molar-refractivity contribution is 6.05. The van der Waals surface area contributed by atoms with Crippen LogP contribution >= 0.6 is 0 Å². The summed E-state index contributed by atoms with van der Waals surface area (Å²) in [5.74, 6) is -3.73. The molecule has 2 aromatic carbocycles. The topological polar surface area (TPSA) is 85.8 Å². The zero-order chi connectivity index (χ0) is 24.7. The van der Waals surface area contributed by atoms with Crippen molar-refractivity contribution >= 4 is 11.6 Å². The van der Waals surface area contributed by atoms with E-state index in [1.54, 1.807) is 0 Å². The Labute approximate surface area is 184 Å². The molecule has 0 radical (unpaired) electrons. The average Bonchev–Trinajstić information content (AvgIpc) is 3.42. The Morgan fingerprint density at radius 2 is 1.56 bits per heavy atom. The predicted octanol–water partition coefficient (Wildman–Crippen LogP) is 5.35. The molecule has 0 unspecified atom stereocenters. The Morgan fingerprint density at radius 3 is 2.12 bits per heavy atom. The summed E-state index contributed by atoms with van der Waals surface area (Å²) in [5, 5.41) is 9.09. The number of hydrogen-bond acceptors (Lipinski definition) is 5. The molecule has 7 nitrogen and oxygen atoms in total. The van der Waals surface area contributed by atoms with Gasteiger partial charge in [0, 0.05) is 11.3 Å². The highest BCUT2D eigenvalue weighted by atomic mass is 19.4. The van der Waals surface area contributed by atoms with E-state index in [9.17, 15) is 35.5 Å². The van der Waals surface area contributed by atoms with Crippen molar-refractivity contribution in [3.8, 4) is 17.1 Å². The van der Waals surface area contributed by atoms with Crippen molar-refractivity contribution in [1.82, 2.24) is 19.9 Å². The number of rotatable bonds is 4. The molecule has 176 valence electrons. The smallest absolute Gasteiger partial charge is 0.329 e. The lowest BCUT2D eigenvalue weighted by Gasteiger charge is -2.13. The number of benzene rings is 2. The van der Waals surface area contributed by atoms with Crippen molar-refractivity contribution in [2.75, 3.05) is 5.32 Å². The number of carbonyl (C=O) groups is 1. The lowest BCUT2D eigenvalue weighted by atomic mass is 10.1. The van der Waals surface area contributed by atoms with Gasteiger partial charge in [-0.2, -0.15) is 36.4 Å². The van der Waals surface area contributed by atoms with E-state index in [-0.39, 0.29) is 22.8 Å². The summed E-state index contributed by atoms with van der Waals surface area (Å²) in [5.41, 5.74) is -2.14. The van der Waals surface area contributed by atoms with Crippen LogP contribution in [0.4, 0.5) is 36.4 Å². The van der Waals surface area contributed by atoms with Crippen molar-refractivity contribution in [3.05, 3.63) is 77.7 Å². The molecule has 2 heterocycles. The van der Waals surface area contributed by atoms with Crippen molar-refractivity contribution in [1.29, 1.82) is 0 Å². The van der Waals surface area contributed by atoms with Gasteiger partial charge in [0.15, 0.2) is 5.69 Å². The van der Waals surface area contributed by atoms with E-state index in [4.69, 9.17) is 0 Å². The van der Waals surface area contributed by atoms with Crippen LogP contribution < -0.4 is 5.32 Å². The van der Waals surface area contributed by atoms with Crippen LogP contribution in [-0.4, -0.2) is 25.8 Å². The minimum Gasteiger partial charge on any atom is -0.329 e. The number of nitrogens with zero attached hydrogens (tertiary/aromatic N) is 4. The van der Waals surface area contributed by atoms with Crippen LogP contribution in [0.5, 0.6) is 0 Å². The number of anilines is 1. The van der Waals surface area contributed by atoms with E-state index in [1.807, 2.05) is 0 Å². The van der Waals surface area contributed by atoms with Gasteiger partial charge in [-0.3, -0.25) is 4.79 Å². The van der Waals surface area contributed by atoms with E-state index in [2.05, 4.69) is 25.1 Å². The monoisotopic (exact) mass is 485 g/mol. The van der Waals surface area contributed by atoms with Gasteiger partial charge < -0.3 is 9.84 Å². The van der Waals surface area contributed by atoms with Gasteiger partial charge in [0.25, 0.3) is 5.91 Å². The molecule has 0 aliphatic heterocycles. The van der Waals surface area contributed by atoms with Crippen LogP contribution in [0.1, 0.15) is 21.9 Å². The largest absolute Gasteiger partial charge is 0.471 e. The van der Waals surface area contributed by atoms with Gasteiger partial charge in [0.2, 0.25) is 5.82 Å². The standard InChI is InChI=1S/C20H10F7N5O2/c21-11-3-7-13(8-4-11)32-15(19(22,23)24)14(9-28-32)17(33)29-12-5-1-10(2-6-12)16-30-18(34-31-16)20(25,26)27/h1-9H,(H,29,33). The van der Waals surface area contributed by atoms with Gasteiger partial charge in [0.05, 0.1) is 17.4 Å². The molecule has 34 heavy (non-hydrogen) atoms. The Hall–Kier alpha value is -4.23. The molecule has 0 saturated heterocycles. The molecule has 4 rings (SSSR count). The number of amides is 1. The third-order valence-corrected chi connectivity index (χ3v) is 4.42. The number of halogens is 7. The molecule has 14 heteroatoms. The minimum absolute atomic E-state index is 0.0379. The average molecular weight is 485 g/mol. The van der Waals surface area contributed by atoms with Crippen molar-refractivity contribution in [2.24, 2.45) is 0 Å². The first kappa shape index (κ1) is 22.9. The van der Waals surface area contributed by atoms with Gasteiger partial charge in [0.1, 0.15) is 5.82 Å². The number of hydrogen-bond donors (Lipinski definition) is 1. The molecule has 1 N–H and O–H groups in total. The Kier molecular flexibility index (Phi) is 5.59. The Morgan fingerprint density at radius 1 is 0.912 bits per heavy atom. The lowest BCUT2D eigenvalue weighted by molar-refractivity contribution is -0.159. The summed E-state index contributed by atoms with van der Waals surface area (Å²) in [6, 6.07) is 8.98. The second-order valence-electron chi connectivity index (χ2n) is 6.75. The molecule has 1 amide bonds. The maximum atomic E-state index is 13.7. The van der Waals surface area contributed by atoms with Crippen LogP contribution in [0.2, 0.25) is 0 Å². The molecule has 0 atom stereocenters.